The smallest absolute Gasteiger partial charge is 0.257 e. The Morgan fingerprint density at radius 1 is 1.07 bits per heavy atom. The number of halogens is 2. The molecule has 1 aromatic heterocycles. The van der Waals surface area contributed by atoms with Crippen molar-refractivity contribution in [1.29, 1.82) is 0 Å². The molecule has 29 heavy (non-hydrogen) atoms. The molecule has 0 N–H and O–H groups in total. The van der Waals surface area contributed by atoms with Crippen molar-refractivity contribution < 1.29 is 9.18 Å². The van der Waals surface area contributed by atoms with Gasteiger partial charge in [0.25, 0.3) is 5.91 Å². The van der Waals surface area contributed by atoms with Crippen molar-refractivity contribution >= 4 is 17.5 Å². The molecule has 0 radical (unpaired) electrons. The number of carbonyl (C=O) groups excluding carboxylic acids is 1. The van der Waals surface area contributed by atoms with E-state index in [1.54, 1.807) is 23.1 Å². The van der Waals surface area contributed by atoms with Crippen molar-refractivity contribution in [2.24, 2.45) is 5.92 Å². The van der Waals surface area contributed by atoms with E-state index in [-0.39, 0.29) is 23.4 Å². The number of aromatic nitrogens is 1. The lowest BCUT2D eigenvalue weighted by atomic mass is 10.0. The monoisotopic (exact) mass is 412 g/mol. The largest absolute Gasteiger partial charge is 0.345 e. The zero-order chi connectivity index (χ0) is 21.0. The van der Waals surface area contributed by atoms with E-state index in [0.717, 1.165) is 11.3 Å². The van der Waals surface area contributed by atoms with Crippen molar-refractivity contribution in [3.63, 3.8) is 0 Å². The first-order chi connectivity index (χ1) is 13.9. The fourth-order valence-electron chi connectivity index (χ4n) is 3.30. The van der Waals surface area contributed by atoms with Crippen molar-refractivity contribution in [3.8, 4) is 0 Å². The standard InChI is InChI=1S/C24H26ClFN2O/c1-17(2)18(3)28(24(29)22-11-4-5-12-23(22)26)16-21-10-7-13-27(21)15-19-8-6-9-20(25)14-19/h4-14,17-18H,15-16H2,1-3H3/t18-/m0/s1. The van der Waals surface area contributed by atoms with E-state index in [1.165, 1.54) is 6.07 Å². The highest BCUT2D eigenvalue weighted by molar-refractivity contribution is 6.30. The Balaban J connectivity index is 1.88. The summed E-state index contributed by atoms with van der Waals surface area (Å²) in [5.74, 6) is -0.547. The van der Waals surface area contributed by atoms with Crippen LogP contribution in [0.25, 0.3) is 0 Å². The predicted molar refractivity (Wildman–Crippen MR) is 116 cm³/mol. The van der Waals surface area contributed by atoms with E-state index >= 15 is 0 Å². The first-order valence-electron chi connectivity index (χ1n) is 9.80. The summed E-state index contributed by atoms with van der Waals surface area (Å²) >= 11 is 6.11. The second kappa shape index (κ2) is 9.27. The van der Waals surface area contributed by atoms with Gasteiger partial charge in [0.15, 0.2) is 0 Å². The van der Waals surface area contributed by atoms with Crippen LogP contribution in [0.15, 0.2) is 66.9 Å². The van der Waals surface area contributed by atoms with Gasteiger partial charge in [0.05, 0.1) is 12.1 Å². The molecular formula is C24H26ClFN2O. The molecule has 1 atom stereocenters. The van der Waals surface area contributed by atoms with Crippen LogP contribution in [0, 0.1) is 11.7 Å². The Labute approximate surface area is 176 Å². The highest BCUT2D eigenvalue weighted by atomic mass is 35.5. The lowest BCUT2D eigenvalue weighted by Crippen LogP contribution is -2.41. The van der Waals surface area contributed by atoms with E-state index in [0.29, 0.717) is 18.1 Å². The molecule has 0 saturated carbocycles. The first kappa shape index (κ1) is 21.1. The van der Waals surface area contributed by atoms with Gasteiger partial charge in [-0.3, -0.25) is 4.79 Å². The average Bonchev–Trinajstić information content (AvgIpc) is 3.12. The van der Waals surface area contributed by atoms with Crippen LogP contribution in [-0.4, -0.2) is 21.4 Å². The number of rotatable bonds is 7. The molecule has 3 rings (SSSR count). The van der Waals surface area contributed by atoms with Gasteiger partial charge in [-0.05, 0) is 54.8 Å². The molecular weight excluding hydrogens is 387 g/mol. The maximum atomic E-state index is 14.3. The minimum absolute atomic E-state index is 0.0448. The van der Waals surface area contributed by atoms with Crippen LogP contribution in [0.2, 0.25) is 5.02 Å². The second-order valence-corrected chi connectivity index (χ2v) is 8.09. The SMILES string of the molecule is CC(C)[C@H](C)N(Cc1cccn1Cc1cccc(Cl)c1)C(=O)c1ccccc1F. The third kappa shape index (κ3) is 5.07. The highest BCUT2D eigenvalue weighted by Gasteiger charge is 2.26. The number of carbonyl (C=O) groups is 1. The molecule has 0 fully saturated rings. The van der Waals surface area contributed by atoms with Gasteiger partial charge in [0.2, 0.25) is 0 Å². The Kier molecular flexibility index (Phi) is 6.75. The van der Waals surface area contributed by atoms with Crippen molar-refractivity contribution in [1.82, 2.24) is 9.47 Å². The van der Waals surface area contributed by atoms with E-state index in [1.807, 2.05) is 49.5 Å². The molecule has 152 valence electrons. The van der Waals surface area contributed by atoms with Crippen LogP contribution < -0.4 is 0 Å². The van der Waals surface area contributed by atoms with E-state index < -0.39 is 5.82 Å². The molecule has 0 aliphatic heterocycles. The number of hydrogen-bond acceptors (Lipinski definition) is 1. The predicted octanol–water partition coefficient (Wildman–Crippen LogP) is 6.02. The summed E-state index contributed by atoms with van der Waals surface area (Å²) in [7, 11) is 0. The molecule has 3 aromatic rings. The lowest BCUT2D eigenvalue weighted by molar-refractivity contribution is 0.0618. The van der Waals surface area contributed by atoms with Gasteiger partial charge in [0, 0.05) is 29.5 Å². The fourth-order valence-corrected chi connectivity index (χ4v) is 3.52. The Bertz CT molecular complexity index is 982. The third-order valence-corrected chi connectivity index (χ3v) is 5.55. The molecule has 1 amide bonds. The van der Waals surface area contributed by atoms with Crippen LogP contribution in [0.1, 0.15) is 42.4 Å². The number of amides is 1. The van der Waals surface area contributed by atoms with Crippen molar-refractivity contribution in [2.75, 3.05) is 0 Å². The van der Waals surface area contributed by atoms with Gasteiger partial charge in [-0.15, -0.1) is 0 Å². The summed E-state index contributed by atoms with van der Waals surface area (Å²) in [4.78, 5) is 15.0. The summed E-state index contributed by atoms with van der Waals surface area (Å²) in [6, 6.07) is 17.8. The van der Waals surface area contributed by atoms with Crippen LogP contribution in [0.3, 0.4) is 0 Å². The van der Waals surface area contributed by atoms with Crippen molar-refractivity contribution in [2.45, 2.75) is 39.9 Å². The van der Waals surface area contributed by atoms with E-state index in [9.17, 15) is 9.18 Å². The molecule has 0 bridgehead atoms. The maximum Gasteiger partial charge on any atom is 0.257 e. The van der Waals surface area contributed by atoms with Gasteiger partial charge in [-0.2, -0.15) is 0 Å². The topological polar surface area (TPSA) is 25.2 Å². The van der Waals surface area contributed by atoms with E-state index in [2.05, 4.69) is 18.4 Å². The quantitative estimate of drug-likeness (QED) is 0.466. The van der Waals surface area contributed by atoms with E-state index in [4.69, 9.17) is 11.6 Å². The summed E-state index contributed by atoms with van der Waals surface area (Å²) in [5.41, 5.74) is 2.17. The van der Waals surface area contributed by atoms with Crippen molar-refractivity contribution in [3.05, 3.63) is 94.5 Å². The second-order valence-electron chi connectivity index (χ2n) is 7.65. The number of nitrogens with zero attached hydrogens (tertiary/aromatic N) is 2. The number of benzene rings is 2. The Morgan fingerprint density at radius 2 is 1.83 bits per heavy atom. The molecule has 2 aromatic carbocycles. The lowest BCUT2D eigenvalue weighted by Gasteiger charge is -2.32. The Morgan fingerprint density at radius 3 is 2.52 bits per heavy atom. The molecule has 0 unspecified atom stereocenters. The summed E-state index contributed by atoms with van der Waals surface area (Å²) in [6.07, 6.45) is 1.99. The first-order valence-corrected chi connectivity index (χ1v) is 10.2. The van der Waals surface area contributed by atoms with Gasteiger partial charge < -0.3 is 9.47 Å². The van der Waals surface area contributed by atoms with Gasteiger partial charge in [0.1, 0.15) is 5.82 Å². The third-order valence-electron chi connectivity index (χ3n) is 5.32. The molecule has 3 nitrogen and oxygen atoms in total. The van der Waals surface area contributed by atoms with Gasteiger partial charge in [-0.1, -0.05) is 49.7 Å². The van der Waals surface area contributed by atoms with Crippen LogP contribution in [0.5, 0.6) is 0 Å². The minimum Gasteiger partial charge on any atom is -0.345 e. The fraction of sp³-hybridized carbons (Fsp3) is 0.292. The number of hydrogen-bond donors (Lipinski definition) is 0. The van der Waals surface area contributed by atoms with Crippen LogP contribution in [0.4, 0.5) is 4.39 Å². The zero-order valence-electron chi connectivity index (χ0n) is 17.0. The normalized spacial score (nSPS) is 12.2. The molecule has 0 spiro atoms. The minimum atomic E-state index is -0.493. The van der Waals surface area contributed by atoms with Crippen LogP contribution in [-0.2, 0) is 13.1 Å². The van der Waals surface area contributed by atoms with Gasteiger partial charge >= 0.3 is 0 Å². The summed E-state index contributed by atoms with van der Waals surface area (Å²) in [6.45, 7) is 7.20. The Hall–Kier alpha value is -2.59. The molecule has 0 aliphatic rings. The highest BCUT2D eigenvalue weighted by Crippen LogP contribution is 2.21. The van der Waals surface area contributed by atoms with Crippen LogP contribution >= 0.6 is 11.6 Å². The molecule has 0 saturated heterocycles. The zero-order valence-corrected chi connectivity index (χ0v) is 17.7. The summed E-state index contributed by atoms with van der Waals surface area (Å²) in [5, 5.41) is 0.695. The average molecular weight is 413 g/mol. The molecule has 0 aliphatic carbocycles. The van der Waals surface area contributed by atoms with Gasteiger partial charge in [-0.25, -0.2) is 4.39 Å². The maximum absolute atomic E-state index is 14.3. The molecule has 5 heteroatoms. The summed E-state index contributed by atoms with van der Waals surface area (Å²) < 4.78 is 16.4. The molecule has 1 heterocycles.